The average Bonchev–Trinajstić information content (AvgIpc) is 2.74. The van der Waals surface area contributed by atoms with Crippen LogP contribution in [0.2, 0.25) is 0 Å². The van der Waals surface area contributed by atoms with Crippen molar-refractivity contribution < 1.29 is 9.15 Å². The monoisotopic (exact) mass is 283 g/mol. The molecule has 1 atom stereocenters. The molecule has 2 rings (SSSR count). The molecule has 0 aliphatic carbocycles. The van der Waals surface area contributed by atoms with E-state index in [1.165, 1.54) is 6.33 Å². The van der Waals surface area contributed by atoms with Crippen LogP contribution in [0.4, 0.5) is 0 Å². The minimum Gasteiger partial charge on any atom is -0.481 e. The third-order valence-corrected chi connectivity index (χ3v) is 2.77. The lowest BCUT2D eigenvalue weighted by atomic mass is 10.1. The number of nitrogens with zero attached hydrogens (tertiary/aromatic N) is 2. The second kappa shape index (κ2) is 4.63. The quantitative estimate of drug-likeness (QED) is 0.931. The maximum absolute atomic E-state index is 6.02. The lowest BCUT2D eigenvalue weighted by Gasteiger charge is -2.09. The van der Waals surface area contributed by atoms with E-state index in [4.69, 9.17) is 14.9 Å². The van der Waals surface area contributed by atoms with Crippen LogP contribution in [-0.2, 0) is 0 Å². The standard InChI is InChI=1S/C10H10BrN3O2/c1-15-8-4-7(13-5-14-8)9(12)10-6(11)2-3-16-10/h2-5,9H,12H2,1H3. The Bertz CT molecular complexity index is 486. The van der Waals surface area contributed by atoms with E-state index in [2.05, 4.69) is 25.9 Å². The fraction of sp³-hybridized carbons (Fsp3) is 0.200. The van der Waals surface area contributed by atoms with Gasteiger partial charge in [-0.3, -0.25) is 0 Å². The minimum absolute atomic E-state index is 0.443. The van der Waals surface area contributed by atoms with Crippen LogP contribution in [0.5, 0.6) is 5.88 Å². The van der Waals surface area contributed by atoms with Crippen LogP contribution in [0, 0.1) is 0 Å². The predicted molar refractivity (Wildman–Crippen MR) is 61.0 cm³/mol. The third kappa shape index (κ3) is 2.07. The topological polar surface area (TPSA) is 74.2 Å². The van der Waals surface area contributed by atoms with Crippen molar-refractivity contribution in [2.45, 2.75) is 6.04 Å². The Morgan fingerprint density at radius 1 is 1.50 bits per heavy atom. The first-order chi connectivity index (χ1) is 7.72. The van der Waals surface area contributed by atoms with Gasteiger partial charge >= 0.3 is 0 Å². The normalized spacial score (nSPS) is 12.4. The maximum atomic E-state index is 6.02. The average molecular weight is 284 g/mol. The lowest BCUT2D eigenvalue weighted by molar-refractivity contribution is 0.394. The molecule has 2 aromatic heterocycles. The van der Waals surface area contributed by atoms with Crippen LogP contribution in [0.15, 0.2) is 33.6 Å². The first kappa shape index (κ1) is 11.1. The first-order valence-electron chi connectivity index (χ1n) is 4.56. The second-order valence-corrected chi connectivity index (χ2v) is 3.95. The van der Waals surface area contributed by atoms with Crippen molar-refractivity contribution in [1.82, 2.24) is 9.97 Å². The number of rotatable bonds is 3. The van der Waals surface area contributed by atoms with Gasteiger partial charge in [-0.05, 0) is 22.0 Å². The Balaban J connectivity index is 2.33. The number of methoxy groups -OCH3 is 1. The zero-order valence-electron chi connectivity index (χ0n) is 8.55. The van der Waals surface area contributed by atoms with Crippen molar-refractivity contribution in [1.29, 1.82) is 0 Å². The summed E-state index contributed by atoms with van der Waals surface area (Å²) in [6.07, 6.45) is 2.97. The van der Waals surface area contributed by atoms with Crippen molar-refractivity contribution in [2.24, 2.45) is 5.73 Å². The van der Waals surface area contributed by atoms with Gasteiger partial charge in [-0.2, -0.15) is 0 Å². The molecule has 1 unspecified atom stereocenters. The summed E-state index contributed by atoms with van der Waals surface area (Å²) in [7, 11) is 1.54. The summed E-state index contributed by atoms with van der Waals surface area (Å²) in [5.41, 5.74) is 6.66. The van der Waals surface area contributed by atoms with Crippen molar-refractivity contribution in [3.8, 4) is 5.88 Å². The Labute approximate surface area is 101 Å². The van der Waals surface area contributed by atoms with Crippen LogP contribution in [-0.4, -0.2) is 17.1 Å². The fourth-order valence-corrected chi connectivity index (χ4v) is 1.74. The summed E-state index contributed by atoms with van der Waals surface area (Å²) >= 11 is 3.35. The van der Waals surface area contributed by atoms with Gasteiger partial charge in [0.25, 0.3) is 0 Å². The second-order valence-electron chi connectivity index (χ2n) is 3.10. The van der Waals surface area contributed by atoms with Gasteiger partial charge < -0.3 is 14.9 Å². The molecule has 0 radical (unpaired) electrons. The number of halogens is 1. The summed E-state index contributed by atoms with van der Waals surface area (Å²) in [6.45, 7) is 0. The van der Waals surface area contributed by atoms with E-state index in [0.717, 1.165) is 4.47 Å². The van der Waals surface area contributed by atoms with Crippen LogP contribution < -0.4 is 10.5 Å². The van der Waals surface area contributed by atoms with Crippen LogP contribution in [0.25, 0.3) is 0 Å². The predicted octanol–water partition coefficient (Wildman–Crippen LogP) is 1.89. The van der Waals surface area contributed by atoms with Crippen LogP contribution >= 0.6 is 15.9 Å². The summed E-state index contributed by atoms with van der Waals surface area (Å²) in [6, 6.07) is 3.02. The molecule has 2 aromatic rings. The van der Waals surface area contributed by atoms with Crippen molar-refractivity contribution in [3.05, 3.63) is 40.7 Å². The Kier molecular flexibility index (Phi) is 3.21. The van der Waals surface area contributed by atoms with Gasteiger partial charge in [-0.25, -0.2) is 9.97 Å². The molecule has 5 nitrogen and oxygen atoms in total. The molecule has 16 heavy (non-hydrogen) atoms. The van der Waals surface area contributed by atoms with E-state index in [0.29, 0.717) is 17.3 Å². The van der Waals surface area contributed by atoms with Crippen molar-refractivity contribution >= 4 is 15.9 Å². The minimum atomic E-state index is -0.443. The number of furan rings is 1. The lowest BCUT2D eigenvalue weighted by Crippen LogP contribution is -2.13. The fourth-order valence-electron chi connectivity index (χ4n) is 1.30. The Morgan fingerprint density at radius 2 is 2.31 bits per heavy atom. The third-order valence-electron chi connectivity index (χ3n) is 2.12. The molecular weight excluding hydrogens is 274 g/mol. The molecule has 0 aliphatic heterocycles. The molecule has 0 saturated heterocycles. The molecular formula is C10H10BrN3O2. The van der Waals surface area contributed by atoms with E-state index < -0.39 is 6.04 Å². The molecule has 6 heteroatoms. The number of nitrogens with two attached hydrogens (primary N) is 1. The largest absolute Gasteiger partial charge is 0.481 e. The van der Waals surface area contributed by atoms with E-state index in [9.17, 15) is 0 Å². The Hall–Kier alpha value is -1.40. The van der Waals surface area contributed by atoms with E-state index in [1.54, 1.807) is 25.5 Å². The van der Waals surface area contributed by atoms with Crippen LogP contribution in [0.1, 0.15) is 17.5 Å². The zero-order valence-corrected chi connectivity index (χ0v) is 10.1. The molecule has 0 fully saturated rings. The number of hydrogen-bond acceptors (Lipinski definition) is 5. The summed E-state index contributed by atoms with van der Waals surface area (Å²) in [4.78, 5) is 8.00. The van der Waals surface area contributed by atoms with E-state index >= 15 is 0 Å². The molecule has 2 N–H and O–H groups in total. The van der Waals surface area contributed by atoms with Crippen molar-refractivity contribution in [3.63, 3.8) is 0 Å². The van der Waals surface area contributed by atoms with E-state index in [1.807, 2.05) is 0 Å². The number of hydrogen-bond donors (Lipinski definition) is 1. The highest BCUT2D eigenvalue weighted by molar-refractivity contribution is 9.10. The highest BCUT2D eigenvalue weighted by Crippen LogP contribution is 2.27. The molecule has 2 heterocycles. The molecule has 0 spiro atoms. The molecule has 0 aromatic carbocycles. The van der Waals surface area contributed by atoms with Gasteiger partial charge in [0.2, 0.25) is 5.88 Å². The highest BCUT2D eigenvalue weighted by Gasteiger charge is 2.17. The summed E-state index contributed by atoms with van der Waals surface area (Å²) < 4.78 is 11.1. The number of aromatic nitrogens is 2. The van der Waals surface area contributed by atoms with Gasteiger partial charge in [0.05, 0.1) is 23.5 Å². The summed E-state index contributed by atoms with van der Waals surface area (Å²) in [5, 5.41) is 0. The maximum Gasteiger partial charge on any atom is 0.216 e. The number of ether oxygens (including phenoxy) is 1. The molecule has 0 aliphatic rings. The van der Waals surface area contributed by atoms with Gasteiger partial charge in [0.15, 0.2) is 0 Å². The Morgan fingerprint density at radius 3 is 2.94 bits per heavy atom. The van der Waals surface area contributed by atoms with Gasteiger partial charge in [-0.1, -0.05) is 0 Å². The van der Waals surface area contributed by atoms with Crippen LogP contribution in [0.3, 0.4) is 0 Å². The SMILES string of the molecule is COc1cc(C(N)c2occc2Br)ncn1. The molecule has 0 saturated carbocycles. The first-order valence-corrected chi connectivity index (χ1v) is 5.36. The molecule has 0 bridgehead atoms. The van der Waals surface area contributed by atoms with Crippen molar-refractivity contribution in [2.75, 3.05) is 7.11 Å². The smallest absolute Gasteiger partial charge is 0.216 e. The van der Waals surface area contributed by atoms with E-state index in [-0.39, 0.29) is 0 Å². The molecule has 84 valence electrons. The van der Waals surface area contributed by atoms with Gasteiger partial charge in [0, 0.05) is 6.07 Å². The van der Waals surface area contributed by atoms with Gasteiger partial charge in [0.1, 0.15) is 18.1 Å². The zero-order chi connectivity index (χ0) is 11.5. The highest BCUT2D eigenvalue weighted by atomic mass is 79.9. The van der Waals surface area contributed by atoms with Gasteiger partial charge in [-0.15, -0.1) is 0 Å². The molecule has 0 amide bonds. The summed E-state index contributed by atoms with van der Waals surface area (Å²) in [5.74, 6) is 1.10.